The molecule has 1 saturated carbocycles. The van der Waals surface area contributed by atoms with Gasteiger partial charge in [-0.05, 0) is 40.9 Å². The zero-order chi connectivity index (χ0) is 12.6. The summed E-state index contributed by atoms with van der Waals surface area (Å²) >= 11 is 2.91. The summed E-state index contributed by atoms with van der Waals surface area (Å²) in [6.45, 7) is 0. The summed E-state index contributed by atoms with van der Waals surface area (Å²) in [5.74, 6) is -2.37. The van der Waals surface area contributed by atoms with Gasteiger partial charge >= 0.3 is 5.97 Å². The normalized spacial score (nSPS) is 18.3. The van der Waals surface area contributed by atoms with Crippen molar-refractivity contribution >= 4 is 21.9 Å². The van der Waals surface area contributed by atoms with Gasteiger partial charge in [0.1, 0.15) is 11.6 Å². The van der Waals surface area contributed by atoms with Crippen LogP contribution < -0.4 is 0 Å². The summed E-state index contributed by atoms with van der Waals surface area (Å²) in [7, 11) is 0. The molecule has 0 amide bonds. The summed E-state index contributed by atoms with van der Waals surface area (Å²) < 4.78 is 27.2. The molecule has 0 atom stereocenters. The Labute approximate surface area is 106 Å². The molecule has 0 unspecified atom stereocenters. The second-order valence-corrected chi connectivity index (χ2v) is 5.20. The van der Waals surface area contributed by atoms with Crippen molar-refractivity contribution in [3.63, 3.8) is 0 Å². The van der Waals surface area contributed by atoms with E-state index < -0.39 is 23.0 Å². The van der Waals surface area contributed by atoms with Crippen molar-refractivity contribution < 1.29 is 18.7 Å². The van der Waals surface area contributed by atoms with Gasteiger partial charge in [-0.15, -0.1) is 0 Å². The molecule has 0 aromatic heterocycles. The van der Waals surface area contributed by atoms with Crippen LogP contribution in [0.1, 0.15) is 31.2 Å². The van der Waals surface area contributed by atoms with Gasteiger partial charge < -0.3 is 5.11 Å². The maximum absolute atomic E-state index is 14.0. The lowest BCUT2D eigenvalue weighted by molar-refractivity contribution is -0.143. The van der Waals surface area contributed by atoms with Crippen molar-refractivity contribution in [3.05, 3.63) is 33.8 Å². The predicted molar refractivity (Wildman–Crippen MR) is 61.8 cm³/mol. The molecule has 1 fully saturated rings. The molecular formula is C12H11BrF2O2. The summed E-state index contributed by atoms with van der Waals surface area (Å²) in [6.07, 6.45) is 2.16. The van der Waals surface area contributed by atoms with E-state index in [4.69, 9.17) is 0 Å². The molecule has 0 bridgehead atoms. The third kappa shape index (κ3) is 1.97. The Morgan fingerprint density at radius 3 is 2.41 bits per heavy atom. The standard InChI is InChI=1S/C12H11BrF2O2/c13-9-6-7(14)5-8(10(9)15)12(11(16)17)3-1-2-4-12/h5-6H,1-4H2,(H,16,17). The number of aliphatic carboxylic acids is 1. The van der Waals surface area contributed by atoms with Crippen molar-refractivity contribution in [1.82, 2.24) is 0 Å². The lowest BCUT2D eigenvalue weighted by Gasteiger charge is -2.25. The van der Waals surface area contributed by atoms with Crippen LogP contribution in [0.5, 0.6) is 0 Å². The molecule has 2 nitrogen and oxygen atoms in total. The second-order valence-electron chi connectivity index (χ2n) is 4.34. The maximum Gasteiger partial charge on any atom is 0.314 e. The molecule has 1 N–H and O–H groups in total. The highest BCUT2D eigenvalue weighted by atomic mass is 79.9. The van der Waals surface area contributed by atoms with Gasteiger partial charge in [-0.3, -0.25) is 4.79 Å². The van der Waals surface area contributed by atoms with Crippen molar-refractivity contribution in [1.29, 1.82) is 0 Å². The Balaban J connectivity index is 2.62. The zero-order valence-corrected chi connectivity index (χ0v) is 10.6. The van der Waals surface area contributed by atoms with Gasteiger partial charge in [-0.25, -0.2) is 8.78 Å². The number of carboxylic acid groups (broad SMARTS) is 1. The summed E-state index contributed by atoms with van der Waals surface area (Å²) in [5.41, 5.74) is -1.32. The van der Waals surface area contributed by atoms with Gasteiger partial charge in [0.05, 0.1) is 9.89 Å². The van der Waals surface area contributed by atoms with E-state index in [1.54, 1.807) is 0 Å². The molecule has 1 aromatic carbocycles. The molecule has 17 heavy (non-hydrogen) atoms. The molecular weight excluding hydrogens is 294 g/mol. The van der Waals surface area contributed by atoms with Gasteiger partial charge in [0.2, 0.25) is 0 Å². The van der Waals surface area contributed by atoms with Crippen LogP contribution in [0.3, 0.4) is 0 Å². The van der Waals surface area contributed by atoms with E-state index in [1.165, 1.54) is 0 Å². The number of hydrogen-bond donors (Lipinski definition) is 1. The average molecular weight is 305 g/mol. The van der Waals surface area contributed by atoms with E-state index in [0.717, 1.165) is 25.0 Å². The molecule has 0 spiro atoms. The highest BCUT2D eigenvalue weighted by molar-refractivity contribution is 9.10. The molecule has 5 heteroatoms. The predicted octanol–water partition coefficient (Wildman–Crippen LogP) is 3.62. The van der Waals surface area contributed by atoms with E-state index in [-0.39, 0.29) is 10.0 Å². The highest BCUT2D eigenvalue weighted by Gasteiger charge is 2.45. The van der Waals surface area contributed by atoms with Gasteiger partial charge in [-0.1, -0.05) is 12.8 Å². The van der Waals surface area contributed by atoms with Crippen LogP contribution in [-0.2, 0) is 10.2 Å². The number of benzene rings is 1. The SMILES string of the molecule is O=C(O)C1(c2cc(F)cc(Br)c2F)CCCC1. The van der Waals surface area contributed by atoms with E-state index >= 15 is 0 Å². The van der Waals surface area contributed by atoms with E-state index in [9.17, 15) is 18.7 Å². The monoisotopic (exact) mass is 304 g/mol. The Bertz CT molecular complexity index is 468. The fourth-order valence-electron chi connectivity index (χ4n) is 2.48. The molecule has 0 heterocycles. The first-order chi connectivity index (χ1) is 7.97. The van der Waals surface area contributed by atoms with E-state index in [0.29, 0.717) is 12.8 Å². The van der Waals surface area contributed by atoms with Crippen molar-refractivity contribution in [2.45, 2.75) is 31.1 Å². The lowest BCUT2D eigenvalue weighted by atomic mass is 9.78. The van der Waals surface area contributed by atoms with Crippen LogP contribution in [0.15, 0.2) is 16.6 Å². The number of carboxylic acids is 1. The third-order valence-electron chi connectivity index (χ3n) is 3.38. The van der Waals surface area contributed by atoms with Gasteiger partial charge in [0, 0.05) is 5.56 Å². The molecule has 0 aliphatic heterocycles. The molecule has 0 radical (unpaired) electrons. The number of hydrogen-bond acceptors (Lipinski definition) is 1. The Hall–Kier alpha value is -0.970. The summed E-state index contributed by atoms with van der Waals surface area (Å²) in [5, 5.41) is 9.32. The number of rotatable bonds is 2. The van der Waals surface area contributed by atoms with E-state index in [2.05, 4.69) is 15.9 Å². The third-order valence-corrected chi connectivity index (χ3v) is 3.95. The van der Waals surface area contributed by atoms with Crippen LogP contribution in [-0.4, -0.2) is 11.1 Å². The Morgan fingerprint density at radius 2 is 1.88 bits per heavy atom. The molecule has 1 aromatic rings. The quantitative estimate of drug-likeness (QED) is 0.847. The number of carbonyl (C=O) groups is 1. The van der Waals surface area contributed by atoms with Crippen molar-refractivity contribution in [2.24, 2.45) is 0 Å². The fourth-order valence-corrected chi connectivity index (χ4v) is 2.91. The average Bonchev–Trinajstić information content (AvgIpc) is 2.73. The largest absolute Gasteiger partial charge is 0.481 e. The minimum atomic E-state index is -1.27. The topological polar surface area (TPSA) is 37.3 Å². The van der Waals surface area contributed by atoms with Crippen LogP contribution in [0.4, 0.5) is 8.78 Å². The molecule has 1 aliphatic rings. The minimum absolute atomic E-state index is 0.0278. The summed E-state index contributed by atoms with van der Waals surface area (Å²) in [4.78, 5) is 11.4. The lowest BCUT2D eigenvalue weighted by Crippen LogP contribution is -2.33. The molecule has 0 saturated heterocycles. The second kappa shape index (κ2) is 4.37. The zero-order valence-electron chi connectivity index (χ0n) is 8.97. The van der Waals surface area contributed by atoms with Crippen LogP contribution >= 0.6 is 15.9 Å². The first-order valence-corrected chi connectivity index (χ1v) is 6.15. The van der Waals surface area contributed by atoms with Gasteiger partial charge in [0.15, 0.2) is 0 Å². The molecule has 1 aliphatic carbocycles. The minimum Gasteiger partial charge on any atom is -0.481 e. The van der Waals surface area contributed by atoms with Gasteiger partial charge in [0.25, 0.3) is 0 Å². The molecule has 2 rings (SSSR count). The van der Waals surface area contributed by atoms with Gasteiger partial charge in [-0.2, -0.15) is 0 Å². The number of halogens is 3. The van der Waals surface area contributed by atoms with Crippen molar-refractivity contribution in [2.75, 3.05) is 0 Å². The molecule has 92 valence electrons. The van der Waals surface area contributed by atoms with E-state index in [1.807, 2.05) is 0 Å². The Kier molecular flexibility index (Phi) is 3.21. The fraction of sp³-hybridized carbons (Fsp3) is 0.417. The van der Waals surface area contributed by atoms with Crippen LogP contribution in [0.2, 0.25) is 0 Å². The Morgan fingerprint density at radius 1 is 1.29 bits per heavy atom. The van der Waals surface area contributed by atoms with Crippen LogP contribution in [0, 0.1) is 11.6 Å². The first-order valence-electron chi connectivity index (χ1n) is 5.36. The summed E-state index contributed by atoms with van der Waals surface area (Å²) in [6, 6.07) is 2.00. The maximum atomic E-state index is 14.0. The van der Waals surface area contributed by atoms with Crippen LogP contribution in [0.25, 0.3) is 0 Å². The smallest absolute Gasteiger partial charge is 0.314 e. The first kappa shape index (κ1) is 12.5. The highest BCUT2D eigenvalue weighted by Crippen LogP contribution is 2.43. The van der Waals surface area contributed by atoms with Crippen molar-refractivity contribution in [3.8, 4) is 0 Å².